The van der Waals surface area contributed by atoms with Crippen molar-refractivity contribution in [3.8, 4) is 0 Å². The Bertz CT molecular complexity index is 531. The number of aryl methyl sites for hydroxylation is 1. The molecule has 0 aliphatic carbocycles. The van der Waals surface area contributed by atoms with Crippen LogP contribution in [0.4, 0.5) is 0 Å². The molecule has 0 bridgehead atoms. The highest BCUT2D eigenvalue weighted by Crippen LogP contribution is 2.25. The maximum absolute atomic E-state index is 5.24. The SMILES string of the molecule is CPc1ccc2c(C)nn(C3COC3)c2c1. The molecule has 1 aromatic heterocycles. The van der Waals surface area contributed by atoms with Crippen molar-refractivity contribution in [1.29, 1.82) is 0 Å². The van der Waals surface area contributed by atoms with Gasteiger partial charge in [0.2, 0.25) is 0 Å². The molecule has 1 aliphatic rings. The van der Waals surface area contributed by atoms with E-state index in [1.165, 1.54) is 16.2 Å². The lowest BCUT2D eigenvalue weighted by atomic mass is 10.2. The molecule has 1 fully saturated rings. The number of benzene rings is 1. The Morgan fingerprint density at radius 3 is 2.88 bits per heavy atom. The Labute approximate surface area is 96.6 Å². The molecular weight excluding hydrogens is 219 g/mol. The third-order valence-electron chi connectivity index (χ3n) is 3.15. The number of aromatic nitrogens is 2. The lowest BCUT2D eigenvalue weighted by molar-refractivity contribution is -0.0267. The lowest BCUT2D eigenvalue weighted by Crippen LogP contribution is -2.31. The van der Waals surface area contributed by atoms with Crippen molar-refractivity contribution in [2.45, 2.75) is 13.0 Å². The van der Waals surface area contributed by atoms with E-state index in [0.29, 0.717) is 6.04 Å². The molecule has 2 heterocycles. The molecule has 0 radical (unpaired) electrons. The fourth-order valence-electron chi connectivity index (χ4n) is 2.09. The average Bonchev–Trinajstić information content (AvgIpc) is 2.54. The van der Waals surface area contributed by atoms with Crippen LogP contribution in [0.25, 0.3) is 10.9 Å². The molecule has 1 unspecified atom stereocenters. The summed E-state index contributed by atoms with van der Waals surface area (Å²) in [6.07, 6.45) is 0. The van der Waals surface area contributed by atoms with E-state index in [0.717, 1.165) is 27.5 Å². The molecule has 84 valence electrons. The van der Waals surface area contributed by atoms with Gasteiger partial charge in [-0.15, -0.1) is 0 Å². The molecule has 0 amide bonds. The minimum Gasteiger partial charge on any atom is -0.377 e. The predicted octanol–water partition coefficient (Wildman–Crippen LogP) is 1.85. The maximum atomic E-state index is 5.24. The van der Waals surface area contributed by atoms with Crippen LogP contribution < -0.4 is 5.30 Å². The molecule has 1 saturated heterocycles. The predicted molar refractivity (Wildman–Crippen MR) is 68.2 cm³/mol. The van der Waals surface area contributed by atoms with Crippen molar-refractivity contribution in [3.05, 3.63) is 23.9 Å². The van der Waals surface area contributed by atoms with E-state index in [9.17, 15) is 0 Å². The van der Waals surface area contributed by atoms with Gasteiger partial charge in [-0.1, -0.05) is 20.7 Å². The summed E-state index contributed by atoms with van der Waals surface area (Å²) in [4.78, 5) is 0. The van der Waals surface area contributed by atoms with E-state index in [4.69, 9.17) is 4.74 Å². The summed E-state index contributed by atoms with van der Waals surface area (Å²) in [7, 11) is 0.839. The van der Waals surface area contributed by atoms with Crippen LogP contribution in [-0.2, 0) is 4.74 Å². The standard InChI is InChI=1S/C12H15N2OP/c1-8-11-4-3-10(16-2)5-12(11)14(13-8)9-6-15-7-9/h3-5,9,16H,6-7H2,1-2H3. The Balaban J connectivity index is 2.19. The van der Waals surface area contributed by atoms with E-state index >= 15 is 0 Å². The van der Waals surface area contributed by atoms with Gasteiger partial charge in [0.15, 0.2) is 0 Å². The van der Waals surface area contributed by atoms with Gasteiger partial charge in [0.25, 0.3) is 0 Å². The second-order valence-electron chi connectivity index (χ2n) is 4.20. The van der Waals surface area contributed by atoms with Crippen molar-refractivity contribution in [2.24, 2.45) is 0 Å². The van der Waals surface area contributed by atoms with Crippen molar-refractivity contribution < 1.29 is 4.74 Å². The van der Waals surface area contributed by atoms with Crippen molar-refractivity contribution in [2.75, 3.05) is 19.9 Å². The summed E-state index contributed by atoms with van der Waals surface area (Å²) in [6.45, 7) is 5.89. The minimum absolute atomic E-state index is 0.437. The molecular formula is C12H15N2OP. The molecule has 0 saturated carbocycles. The van der Waals surface area contributed by atoms with Crippen LogP contribution in [0.2, 0.25) is 0 Å². The molecule has 2 aromatic rings. The molecule has 1 aromatic carbocycles. The Hall–Kier alpha value is -0.920. The van der Waals surface area contributed by atoms with Crippen molar-refractivity contribution in [1.82, 2.24) is 9.78 Å². The summed E-state index contributed by atoms with van der Waals surface area (Å²) >= 11 is 0. The summed E-state index contributed by atoms with van der Waals surface area (Å²) < 4.78 is 7.38. The third kappa shape index (κ3) is 1.47. The Morgan fingerprint density at radius 2 is 2.25 bits per heavy atom. The highest BCUT2D eigenvalue weighted by atomic mass is 31.1. The van der Waals surface area contributed by atoms with Gasteiger partial charge in [-0.3, -0.25) is 4.68 Å². The molecule has 1 aliphatic heterocycles. The minimum atomic E-state index is 0.437. The van der Waals surface area contributed by atoms with Gasteiger partial charge in [-0.2, -0.15) is 5.10 Å². The summed E-state index contributed by atoms with van der Waals surface area (Å²) in [5.74, 6) is 0. The van der Waals surface area contributed by atoms with Crippen LogP contribution in [0.15, 0.2) is 18.2 Å². The molecule has 0 spiro atoms. The Morgan fingerprint density at radius 1 is 1.44 bits per heavy atom. The Kier molecular flexibility index (Phi) is 2.45. The van der Waals surface area contributed by atoms with Crippen molar-refractivity contribution in [3.63, 3.8) is 0 Å². The number of rotatable bonds is 2. The molecule has 3 rings (SSSR count). The second-order valence-corrected chi connectivity index (χ2v) is 5.28. The van der Waals surface area contributed by atoms with Gasteiger partial charge in [-0.05, 0) is 25.0 Å². The second kappa shape index (κ2) is 3.83. The maximum Gasteiger partial charge on any atom is 0.0992 e. The van der Waals surface area contributed by atoms with Gasteiger partial charge >= 0.3 is 0 Å². The average molecular weight is 234 g/mol. The number of hydrogen-bond acceptors (Lipinski definition) is 2. The van der Waals surface area contributed by atoms with E-state index in [1.807, 2.05) is 0 Å². The number of hydrogen-bond donors (Lipinski definition) is 0. The fraction of sp³-hybridized carbons (Fsp3) is 0.417. The lowest BCUT2D eigenvalue weighted by Gasteiger charge is -2.26. The number of ether oxygens (including phenoxy) is 1. The first kappa shape index (κ1) is 10.2. The van der Waals surface area contributed by atoms with Crippen LogP contribution in [0.3, 0.4) is 0 Å². The molecule has 1 atom stereocenters. The van der Waals surface area contributed by atoms with Crippen LogP contribution >= 0.6 is 8.58 Å². The number of nitrogens with zero attached hydrogens (tertiary/aromatic N) is 2. The largest absolute Gasteiger partial charge is 0.377 e. The zero-order chi connectivity index (χ0) is 11.1. The van der Waals surface area contributed by atoms with Crippen LogP contribution in [0, 0.1) is 6.92 Å². The van der Waals surface area contributed by atoms with Crippen LogP contribution in [0.5, 0.6) is 0 Å². The van der Waals surface area contributed by atoms with Crippen LogP contribution in [-0.4, -0.2) is 29.7 Å². The molecule has 0 N–H and O–H groups in total. The summed E-state index contributed by atoms with van der Waals surface area (Å²) in [5.41, 5.74) is 2.38. The first-order chi connectivity index (χ1) is 7.79. The normalized spacial score (nSPS) is 17.4. The molecule has 16 heavy (non-hydrogen) atoms. The van der Waals surface area contributed by atoms with Crippen LogP contribution in [0.1, 0.15) is 11.7 Å². The van der Waals surface area contributed by atoms with Gasteiger partial charge in [0.1, 0.15) is 0 Å². The molecule has 3 nitrogen and oxygen atoms in total. The third-order valence-corrected chi connectivity index (χ3v) is 4.04. The summed E-state index contributed by atoms with van der Waals surface area (Å²) in [5, 5.41) is 7.30. The monoisotopic (exact) mass is 234 g/mol. The first-order valence-electron chi connectivity index (χ1n) is 5.54. The zero-order valence-corrected chi connectivity index (χ0v) is 10.5. The van der Waals surface area contributed by atoms with E-state index in [1.54, 1.807) is 0 Å². The fourth-order valence-corrected chi connectivity index (χ4v) is 2.63. The van der Waals surface area contributed by atoms with Gasteiger partial charge < -0.3 is 4.74 Å². The highest BCUT2D eigenvalue weighted by molar-refractivity contribution is 7.46. The number of fused-ring (bicyclic) bond motifs is 1. The zero-order valence-electron chi connectivity index (χ0n) is 9.53. The summed E-state index contributed by atoms with van der Waals surface area (Å²) in [6, 6.07) is 7.11. The van der Waals surface area contributed by atoms with Gasteiger partial charge in [-0.25, -0.2) is 0 Å². The first-order valence-corrected chi connectivity index (χ1v) is 7.04. The van der Waals surface area contributed by atoms with Gasteiger partial charge in [0.05, 0.1) is 30.5 Å². The quantitative estimate of drug-likeness (QED) is 0.741. The highest BCUT2D eigenvalue weighted by Gasteiger charge is 2.23. The van der Waals surface area contributed by atoms with Crippen molar-refractivity contribution >= 4 is 24.8 Å². The van der Waals surface area contributed by atoms with Gasteiger partial charge in [0, 0.05) is 5.39 Å². The van der Waals surface area contributed by atoms with E-state index in [-0.39, 0.29) is 0 Å². The topological polar surface area (TPSA) is 27.1 Å². The smallest absolute Gasteiger partial charge is 0.0992 e. The van der Waals surface area contributed by atoms with E-state index in [2.05, 4.69) is 41.6 Å². The molecule has 4 heteroatoms. The van der Waals surface area contributed by atoms with E-state index < -0.39 is 0 Å².